The topological polar surface area (TPSA) is 95.9 Å². The Hall–Kier alpha value is -2.48. The van der Waals surface area contributed by atoms with Gasteiger partial charge >= 0.3 is 0 Å². The zero-order valence-corrected chi connectivity index (χ0v) is 17.9. The maximum Gasteiger partial charge on any atom is 0.131 e. The fourth-order valence-electron chi connectivity index (χ4n) is 2.76. The number of aliphatic hydroxyl groups is 1. The molecule has 3 rings (SSSR count). The lowest BCUT2D eigenvalue weighted by Gasteiger charge is -2.24. The standard InChI is InChI=1S/C21H18Cl3N5O/c22-15-5-1-13(2-6-15)19(20-18(24)9-16(23)10-27-20)29-21(30)14-3-7-17(8-4-14)28-12-26-11-25/h1-12,19,21,29-30H,(H2,25,26,28). The van der Waals surface area contributed by atoms with Gasteiger partial charge in [0.15, 0.2) is 0 Å². The fraction of sp³-hybridized carbons (Fsp3) is 0.0952. The van der Waals surface area contributed by atoms with E-state index in [4.69, 9.17) is 40.5 Å². The summed E-state index contributed by atoms with van der Waals surface area (Å²) in [5, 5.41) is 15.4. The molecular formula is C21H18Cl3N5O. The summed E-state index contributed by atoms with van der Waals surface area (Å²) in [5.41, 5.74) is 7.85. The van der Waals surface area contributed by atoms with Crippen LogP contribution < -0.4 is 11.1 Å². The molecule has 154 valence electrons. The smallest absolute Gasteiger partial charge is 0.131 e. The van der Waals surface area contributed by atoms with E-state index in [1.165, 1.54) is 12.5 Å². The van der Waals surface area contributed by atoms with Gasteiger partial charge in [0.25, 0.3) is 0 Å². The van der Waals surface area contributed by atoms with Gasteiger partial charge in [-0.1, -0.05) is 59.1 Å². The Morgan fingerprint density at radius 3 is 2.27 bits per heavy atom. The number of aliphatic hydroxyl groups excluding tert-OH is 1. The van der Waals surface area contributed by atoms with E-state index in [1.807, 2.05) is 12.1 Å². The predicted octanol–water partition coefficient (Wildman–Crippen LogP) is 5.06. The molecule has 3 aromatic rings. The van der Waals surface area contributed by atoms with Gasteiger partial charge in [-0.3, -0.25) is 10.3 Å². The summed E-state index contributed by atoms with van der Waals surface area (Å²) in [7, 11) is 0. The lowest BCUT2D eigenvalue weighted by atomic mass is 10.0. The van der Waals surface area contributed by atoms with Crippen molar-refractivity contribution in [2.24, 2.45) is 15.7 Å². The van der Waals surface area contributed by atoms with Crippen LogP contribution >= 0.6 is 34.8 Å². The number of aliphatic imine (C=N–C) groups is 2. The Kier molecular flexibility index (Phi) is 7.79. The molecule has 2 aromatic carbocycles. The maximum absolute atomic E-state index is 10.8. The maximum atomic E-state index is 10.8. The average Bonchev–Trinajstić information content (AvgIpc) is 2.74. The van der Waals surface area contributed by atoms with E-state index in [0.29, 0.717) is 32.0 Å². The molecule has 0 saturated carbocycles. The normalized spacial score (nSPS) is 13.7. The monoisotopic (exact) mass is 461 g/mol. The molecule has 2 unspecified atom stereocenters. The number of nitrogens with zero attached hydrogens (tertiary/aromatic N) is 3. The second-order valence-corrected chi connectivity index (χ2v) is 7.49. The molecule has 0 aliphatic rings. The number of halogens is 3. The Morgan fingerprint density at radius 2 is 1.63 bits per heavy atom. The number of hydrogen-bond donors (Lipinski definition) is 3. The number of nitrogens with one attached hydrogen (secondary N) is 1. The van der Waals surface area contributed by atoms with Gasteiger partial charge in [-0.25, -0.2) is 9.98 Å². The van der Waals surface area contributed by atoms with Gasteiger partial charge in [-0.2, -0.15) is 0 Å². The first-order valence-corrected chi connectivity index (χ1v) is 9.97. The molecule has 0 bridgehead atoms. The summed E-state index contributed by atoms with van der Waals surface area (Å²) in [6.45, 7) is 0. The Morgan fingerprint density at radius 1 is 0.967 bits per heavy atom. The van der Waals surface area contributed by atoms with E-state index in [2.05, 4.69) is 20.3 Å². The predicted molar refractivity (Wildman–Crippen MR) is 123 cm³/mol. The first-order valence-electron chi connectivity index (χ1n) is 8.84. The molecule has 0 radical (unpaired) electrons. The second kappa shape index (κ2) is 10.5. The van der Waals surface area contributed by atoms with Gasteiger partial charge in [-0.05, 0) is 41.5 Å². The molecule has 0 amide bonds. The highest BCUT2D eigenvalue weighted by Gasteiger charge is 2.22. The van der Waals surface area contributed by atoms with E-state index in [-0.39, 0.29) is 0 Å². The van der Waals surface area contributed by atoms with Crippen molar-refractivity contribution in [2.75, 3.05) is 0 Å². The van der Waals surface area contributed by atoms with Gasteiger partial charge in [-0.15, -0.1) is 0 Å². The van der Waals surface area contributed by atoms with Crippen LogP contribution in [0.3, 0.4) is 0 Å². The molecule has 0 spiro atoms. The first kappa shape index (κ1) is 22.2. The Labute approximate surface area is 189 Å². The largest absolute Gasteiger partial charge is 0.390 e. The third kappa shape index (κ3) is 5.78. The average molecular weight is 463 g/mol. The minimum Gasteiger partial charge on any atom is -0.390 e. The van der Waals surface area contributed by atoms with Crippen LogP contribution in [0.15, 0.2) is 70.8 Å². The molecule has 0 fully saturated rings. The zero-order valence-electron chi connectivity index (χ0n) is 15.6. The van der Waals surface area contributed by atoms with Crippen LogP contribution in [-0.2, 0) is 0 Å². The molecule has 2 atom stereocenters. The molecule has 9 heteroatoms. The number of aromatic nitrogens is 1. The lowest BCUT2D eigenvalue weighted by Crippen LogP contribution is -2.28. The van der Waals surface area contributed by atoms with Crippen LogP contribution in [0.1, 0.15) is 29.1 Å². The molecule has 30 heavy (non-hydrogen) atoms. The number of nitrogens with two attached hydrogens (primary N) is 1. The van der Waals surface area contributed by atoms with Crippen LogP contribution in [-0.4, -0.2) is 22.8 Å². The quantitative estimate of drug-likeness (QED) is 0.260. The van der Waals surface area contributed by atoms with Crippen molar-refractivity contribution >= 4 is 53.2 Å². The number of hydrogen-bond acceptors (Lipinski definition) is 4. The van der Waals surface area contributed by atoms with Gasteiger partial charge in [0, 0.05) is 11.2 Å². The number of benzene rings is 2. The van der Waals surface area contributed by atoms with Crippen molar-refractivity contribution in [3.8, 4) is 0 Å². The molecule has 6 nitrogen and oxygen atoms in total. The summed E-state index contributed by atoms with van der Waals surface area (Å²) in [5.74, 6) is 0. The molecule has 0 aliphatic heterocycles. The van der Waals surface area contributed by atoms with Crippen molar-refractivity contribution in [2.45, 2.75) is 12.3 Å². The highest BCUT2D eigenvalue weighted by Crippen LogP contribution is 2.31. The number of rotatable bonds is 7. The van der Waals surface area contributed by atoms with Crippen LogP contribution in [0.25, 0.3) is 0 Å². The van der Waals surface area contributed by atoms with E-state index in [0.717, 1.165) is 11.9 Å². The van der Waals surface area contributed by atoms with Crippen LogP contribution in [0, 0.1) is 0 Å². The highest BCUT2D eigenvalue weighted by molar-refractivity contribution is 6.34. The molecular weight excluding hydrogens is 445 g/mol. The summed E-state index contributed by atoms with van der Waals surface area (Å²) in [6, 6.07) is 15.3. The van der Waals surface area contributed by atoms with Gasteiger partial charge in [0.1, 0.15) is 12.6 Å². The van der Waals surface area contributed by atoms with Crippen LogP contribution in [0.2, 0.25) is 15.1 Å². The summed E-state index contributed by atoms with van der Waals surface area (Å²) < 4.78 is 0. The van der Waals surface area contributed by atoms with Gasteiger partial charge < -0.3 is 10.8 Å². The minimum absolute atomic E-state index is 0.382. The zero-order chi connectivity index (χ0) is 21.5. The van der Waals surface area contributed by atoms with Crippen molar-refractivity contribution in [1.29, 1.82) is 0 Å². The van der Waals surface area contributed by atoms with Gasteiger partial charge in [0.2, 0.25) is 0 Å². The minimum atomic E-state index is -1.00. The molecule has 4 N–H and O–H groups in total. The van der Waals surface area contributed by atoms with E-state index in [9.17, 15) is 5.11 Å². The Bertz CT molecular complexity index is 1040. The Balaban J connectivity index is 1.88. The van der Waals surface area contributed by atoms with Crippen molar-refractivity contribution < 1.29 is 5.11 Å². The van der Waals surface area contributed by atoms with E-state index in [1.54, 1.807) is 42.5 Å². The van der Waals surface area contributed by atoms with E-state index < -0.39 is 12.3 Å². The third-order valence-corrected chi connectivity index (χ3v) is 4.97. The van der Waals surface area contributed by atoms with Crippen molar-refractivity contribution in [3.05, 3.63) is 92.7 Å². The summed E-state index contributed by atoms with van der Waals surface area (Å²) in [6.07, 6.45) is 3.00. The highest BCUT2D eigenvalue weighted by atomic mass is 35.5. The first-order chi connectivity index (χ1) is 14.5. The second-order valence-electron chi connectivity index (χ2n) is 6.21. The van der Waals surface area contributed by atoms with Gasteiger partial charge in [0.05, 0.1) is 33.8 Å². The van der Waals surface area contributed by atoms with E-state index >= 15 is 0 Å². The molecule has 1 heterocycles. The van der Waals surface area contributed by atoms with Crippen LogP contribution in [0.4, 0.5) is 5.69 Å². The SMILES string of the molecule is NC=NC=Nc1ccc(C(O)NC(c2ccc(Cl)cc2)c2ncc(Cl)cc2Cl)cc1. The summed E-state index contributed by atoms with van der Waals surface area (Å²) in [4.78, 5) is 12.2. The summed E-state index contributed by atoms with van der Waals surface area (Å²) >= 11 is 18.4. The lowest BCUT2D eigenvalue weighted by molar-refractivity contribution is 0.128. The van der Waals surface area contributed by atoms with Crippen molar-refractivity contribution in [3.63, 3.8) is 0 Å². The fourth-order valence-corrected chi connectivity index (χ4v) is 3.38. The molecule has 1 aromatic heterocycles. The van der Waals surface area contributed by atoms with Crippen LogP contribution in [0.5, 0.6) is 0 Å². The molecule has 0 saturated heterocycles. The number of pyridine rings is 1. The molecule has 0 aliphatic carbocycles. The third-order valence-electron chi connectivity index (χ3n) is 4.21. The van der Waals surface area contributed by atoms with Crippen molar-refractivity contribution in [1.82, 2.24) is 10.3 Å².